The number of halogens is 3. The Bertz CT molecular complexity index is 1150. The molecule has 5 nitrogen and oxygen atoms in total. The van der Waals surface area contributed by atoms with Gasteiger partial charge in [0.1, 0.15) is 0 Å². The van der Waals surface area contributed by atoms with Crippen molar-refractivity contribution in [1.29, 1.82) is 0 Å². The molecular formula is C27H27F3N2O3. The van der Waals surface area contributed by atoms with Gasteiger partial charge in [-0.1, -0.05) is 73.3 Å². The van der Waals surface area contributed by atoms with E-state index < -0.39 is 17.7 Å². The fourth-order valence-electron chi connectivity index (χ4n) is 3.50. The third-order valence-electron chi connectivity index (χ3n) is 5.35. The van der Waals surface area contributed by atoms with Crippen LogP contribution in [0.3, 0.4) is 0 Å². The molecule has 0 aliphatic heterocycles. The van der Waals surface area contributed by atoms with Crippen molar-refractivity contribution in [2.45, 2.75) is 38.7 Å². The Kier molecular flexibility index (Phi) is 8.68. The quantitative estimate of drug-likeness (QED) is 0.291. The van der Waals surface area contributed by atoms with E-state index in [0.29, 0.717) is 23.4 Å². The summed E-state index contributed by atoms with van der Waals surface area (Å²) in [6.07, 6.45) is -4.46. The monoisotopic (exact) mass is 484 g/mol. The molecule has 3 N–H and O–H groups in total. The summed E-state index contributed by atoms with van der Waals surface area (Å²) >= 11 is 0. The standard InChI is InChI=1S/C27H27F3N2O3/c1-18(14-26(33)34)31-16-20-8-11-22(12-9-20)19(2)32-35-17-21-10-13-24(23-6-4-3-5-7-23)25(15-21)27(28,29)30/h3-13,15,18,31-32H,2,14,16-17H2,1H3,(H,33,34). The summed E-state index contributed by atoms with van der Waals surface area (Å²) < 4.78 is 41.0. The van der Waals surface area contributed by atoms with Crippen LogP contribution in [0.1, 0.15) is 35.6 Å². The lowest BCUT2D eigenvalue weighted by atomic mass is 9.97. The van der Waals surface area contributed by atoms with E-state index in [1.165, 1.54) is 6.07 Å². The van der Waals surface area contributed by atoms with Crippen molar-refractivity contribution < 1.29 is 27.9 Å². The predicted molar refractivity (Wildman–Crippen MR) is 129 cm³/mol. The molecule has 184 valence electrons. The van der Waals surface area contributed by atoms with E-state index in [1.807, 2.05) is 24.3 Å². The molecular weight excluding hydrogens is 457 g/mol. The average Bonchev–Trinajstić information content (AvgIpc) is 2.82. The van der Waals surface area contributed by atoms with Crippen LogP contribution in [-0.4, -0.2) is 17.1 Å². The number of hydroxylamine groups is 1. The summed E-state index contributed by atoms with van der Waals surface area (Å²) in [7, 11) is 0. The van der Waals surface area contributed by atoms with Crippen molar-refractivity contribution in [2.24, 2.45) is 0 Å². The van der Waals surface area contributed by atoms with Crippen molar-refractivity contribution in [1.82, 2.24) is 10.8 Å². The highest BCUT2D eigenvalue weighted by molar-refractivity contribution is 5.68. The van der Waals surface area contributed by atoms with Gasteiger partial charge in [-0.05, 0) is 40.8 Å². The van der Waals surface area contributed by atoms with Crippen LogP contribution < -0.4 is 10.8 Å². The lowest BCUT2D eigenvalue weighted by molar-refractivity contribution is -0.138. The Hall–Kier alpha value is -3.62. The highest BCUT2D eigenvalue weighted by Crippen LogP contribution is 2.37. The molecule has 0 heterocycles. The second-order valence-corrected chi connectivity index (χ2v) is 8.19. The number of nitrogens with one attached hydrogen (secondary N) is 2. The van der Waals surface area contributed by atoms with Crippen LogP contribution in [0.15, 0.2) is 79.4 Å². The molecule has 0 aromatic heterocycles. The highest BCUT2D eigenvalue weighted by Gasteiger charge is 2.34. The molecule has 35 heavy (non-hydrogen) atoms. The zero-order valence-electron chi connectivity index (χ0n) is 19.2. The number of hydrogen-bond acceptors (Lipinski definition) is 4. The number of carboxylic acid groups (broad SMARTS) is 1. The smallest absolute Gasteiger partial charge is 0.417 e. The summed E-state index contributed by atoms with van der Waals surface area (Å²) in [5.41, 5.74) is 5.13. The van der Waals surface area contributed by atoms with Gasteiger partial charge < -0.3 is 10.4 Å². The molecule has 0 aliphatic carbocycles. The van der Waals surface area contributed by atoms with E-state index in [4.69, 9.17) is 9.94 Å². The van der Waals surface area contributed by atoms with Gasteiger partial charge in [0.25, 0.3) is 0 Å². The van der Waals surface area contributed by atoms with E-state index in [9.17, 15) is 18.0 Å². The van der Waals surface area contributed by atoms with Crippen molar-refractivity contribution in [3.63, 3.8) is 0 Å². The van der Waals surface area contributed by atoms with Gasteiger partial charge in [-0.25, -0.2) is 0 Å². The van der Waals surface area contributed by atoms with E-state index >= 15 is 0 Å². The van der Waals surface area contributed by atoms with Gasteiger partial charge in [-0.3, -0.25) is 15.1 Å². The second kappa shape index (κ2) is 11.7. The van der Waals surface area contributed by atoms with Crippen molar-refractivity contribution in [3.8, 4) is 11.1 Å². The van der Waals surface area contributed by atoms with Crippen molar-refractivity contribution in [3.05, 3.63) is 102 Å². The van der Waals surface area contributed by atoms with Crippen LogP contribution >= 0.6 is 0 Å². The van der Waals surface area contributed by atoms with Gasteiger partial charge in [0.2, 0.25) is 0 Å². The highest BCUT2D eigenvalue weighted by atomic mass is 19.4. The van der Waals surface area contributed by atoms with Gasteiger partial charge in [0, 0.05) is 12.6 Å². The summed E-state index contributed by atoms with van der Waals surface area (Å²) in [5, 5.41) is 11.9. The normalized spacial score (nSPS) is 12.2. The zero-order valence-corrected chi connectivity index (χ0v) is 19.2. The Morgan fingerprint density at radius 3 is 2.31 bits per heavy atom. The molecule has 1 unspecified atom stereocenters. The van der Waals surface area contributed by atoms with Gasteiger partial charge >= 0.3 is 12.1 Å². The fraction of sp³-hybridized carbons (Fsp3) is 0.222. The SMILES string of the molecule is C=C(NOCc1ccc(-c2ccccc2)c(C(F)(F)F)c1)c1ccc(CNC(C)CC(=O)O)cc1. The van der Waals surface area contributed by atoms with Gasteiger partial charge in [-0.2, -0.15) is 13.2 Å². The number of hydrogen-bond donors (Lipinski definition) is 3. The summed E-state index contributed by atoms with van der Waals surface area (Å²) in [5.74, 6) is -0.857. The number of benzene rings is 3. The third kappa shape index (κ3) is 7.70. The fourth-order valence-corrected chi connectivity index (χ4v) is 3.50. The molecule has 1 atom stereocenters. The minimum Gasteiger partial charge on any atom is -0.481 e. The maximum atomic E-state index is 13.7. The van der Waals surface area contributed by atoms with Crippen LogP contribution in [-0.2, 0) is 29.0 Å². The van der Waals surface area contributed by atoms with E-state index in [0.717, 1.165) is 17.2 Å². The molecule has 0 amide bonds. The maximum Gasteiger partial charge on any atom is 0.417 e. The van der Waals surface area contributed by atoms with Crippen molar-refractivity contribution >= 4 is 11.7 Å². The van der Waals surface area contributed by atoms with Crippen molar-refractivity contribution in [2.75, 3.05) is 0 Å². The first kappa shape index (κ1) is 26.0. The predicted octanol–water partition coefficient (Wildman–Crippen LogP) is 6.02. The topological polar surface area (TPSA) is 70.6 Å². The van der Waals surface area contributed by atoms with Gasteiger partial charge in [0.15, 0.2) is 0 Å². The number of rotatable bonds is 11. The Morgan fingerprint density at radius 1 is 1.03 bits per heavy atom. The number of carboxylic acids is 1. The van der Waals surface area contributed by atoms with Gasteiger partial charge in [-0.15, -0.1) is 0 Å². The van der Waals surface area contributed by atoms with Crippen LogP contribution in [0.2, 0.25) is 0 Å². The zero-order chi connectivity index (χ0) is 25.4. The summed E-state index contributed by atoms with van der Waals surface area (Å²) in [6, 6.07) is 19.8. The van der Waals surface area contributed by atoms with Gasteiger partial charge in [0.05, 0.1) is 24.3 Å². The second-order valence-electron chi connectivity index (χ2n) is 8.19. The molecule has 8 heteroatoms. The molecule has 3 aromatic carbocycles. The van der Waals surface area contributed by atoms with Crippen LogP contribution in [0.25, 0.3) is 16.8 Å². The average molecular weight is 485 g/mol. The minimum atomic E-state index is -4.50. The molecule has 3 rings (SSSR count). The molecule has 0 aliphatic rings. The molecule has 0 saturated carbocycles. The first-order chi connectivity index (χ1) is 16.6. The lowest BCUT2D eigenvalue weighted by Crippen LogP contribution is -2.27. The van der Waals surface area contributed by atoms with Crippen LogP contribution in [0, 0.1) is 0 Å². The minimum absolute atomic E-state index is 0.0373. The first-order valence-electron chi connectivity index (χ1n) is 11.0. The molecule has 3 aromatic rings. The lowest BCUT2D eigenvalue weighted by Gasteiger charge is -2.16. The van der Waals surface area contributed by atoms with E-state index in [-0.39, 0.29) is 24.6 Å². The first-order valence-corrected chi connectivity index (χ1v) is 11.0. The molecule has 0 fully saturated rings. The number of aliphatic carboxylic acids is 1. The van der Waals surface area contributed by atoms with E-state index in [2.05, 4.69) is 17.4 Å². The van der Waals surface area contributed by atoms with Crippen LogP contribution in [0.5, 0.6) is 0 Å². The summed E-state index contributed by atoms with van der Waals surface area (Å²) in [6.45, 7) is 6.15. The number of carbonyl (C=O) groups is 1. The Balaban J connectivity index is 1.57. The molecule has 0 spiro atoms. The summed E-state index contributed by atoms with van der Waals surface area (Å²) in [4.78, 5) is 16.1. The number of alkyl halides is 3. The Labute approximate surface area is 202 Å². The molecule has 0 bridgehead atoms. The third-order valence-corrected chi connectivity index (χ3v) is 5.35. The molecule has 0 saturated heterocycles. The molecule has 0 radical (unpaired) electrons. The maximum absolute atomic E-state index is 13.7. The van der Waals surface area contributed by atoms with Crippen LogP contribution in [0.4, 0.5) is 13.2 Å². The Morgan fingerprint density at radius 2 is 1.69 bits per heavy atom. The largest absolute Gasteiger partial charge is 0.481 e. The van der Waals surface area contributed by atoms with E-state index in [1.54, 1.807) is 43.3 Å².